The van der Waals surface area contributed by atoms with Crippen molar-refractivity contribution < 1.29 is 9.59 Å². The minimum atomic E-state index is -0.405. The molecule has 1 aromatic rings. The van der Waals surface area contributed by atoms with E-state index in [-0.39, 0.29) is 17.9 Å². The van der Waals surface area contributed by atoms with Crippen LogP contribution in [0.4, 0.5) is 0 Å². The van der Waals surface area contributed by atoms with Crippen LogP contribution in [-0.4, -0.2) is 41.6 Å². The van der Waals surface area contributed by atoms with Crippen molar-refractivity contribution in [2.75, 3.05) is 13.6 Å². The number of hydrogen-bond acceptors (Lipinski definition) is 3. The lowest BCUT2D eigenvalue weighted by Crippen LogP contribution is -2.53. The van der Waals surface area contributed by atoms with E-state index in [2.05, 4.69) is 17.9 Å². The van der Waals surface area contributed by atoms with Crippen LogP contribution >= 0.6 is 12.6 Å². The Labute approximate surface area is 131 Å². The zero-order valence-electron chi connectivity index (χ0n) is 12.3. The first-order chi connectivity index (χ1) is 10.1. The predicted molar refractivity (Wildman–Crippen MR) is 86.3 cm³/mol. The van der Waals surface area contributed by atoms with Crippen molar-refractivity contribution in [2.45, 2.75) is 37.0 Å². The average Bonchev–Trinajstić information content (AvgIpc) is 2.54. The number of piperidine rings is 1. The smallest absolute Gasteiger partial charge is 0.242 e. The first-order valence-corrected chi connectivity index (χ1v) is 7.89. The van der Waals surface area contributed by atoms with Gasteiger partial charge in [-0.25, -0.2) is 0 Å². The van der Waals surface area contributed by atoms with Gasteiger partial charge in [-0.1, -0.05) is 30.3 Å². The van der Waals surface area contributed by atoms with Crippen LogP contribution in [0.3, 0.4) is 0 Å². The van der Waals surface area contributed by atoms with Crippen LogP contribution in [0.2, 0.25) is 0 Å². The summed E-state index contributed by atoms with van der Waals surface area (Å²) >= 11 is 4.46. The Hall–Kier alpha value is -1.49. The molecule has 1 saturated heterocycles. The van der Waals surface area contributed by atoms with Gasteiger partial charge in [0.15, 0.2) is 0 Å². The maximum atomic E-state index is 12.6. The molecule has 1 aliphatic rings. The molecule has 2 atom stereocenters. The second-order valence-corrected chi connectivity index (χ2v) is 5.99. The molecule has 0 spiro atoms. The fourth-order valence-electron chi connectivity index (χ4n) is 2.75. The second kappa shape index (κ2) is 7.50. The summed E-state index contributed by atoms with van der Waals surface area (Å²) in [6, 6.07) is 9.49. The lowest BCUT2D eigenvalue weighted by atomic mass is 10.00. The average molecular weight is 306 g/mol. The van der Waals surface area contributed by atoms with Gasteiger partial charge in [0.1, 0.15) is 6.04 Å². The normalized spacial score (nSPS) is 19.9. The number of likely N-dealkylation sites (N-methyl/N-ethyl adjacent to an activating group) is 1. The molecule has 1 heterocycles. The molecule has 2 amide bonds. The molecule has 21 heavy (non-hydrogen) atoms. The largest absolute Gasteiger partial charge is 0.357 e. The van der Waals surface area contributed by atoms with Crippen molar-refractivity contribution in [1.82, 2.24) is 10.2 Å². The fraction of sp³-hybridized carbons (Fsp3) is 0.500. The summed E-state index contributed by atoms with van der Waals surface area (Å²) in [6.07, 6.45) is 3.25. The van der Waals surface area contributed by atoms with Crippen LogP contribution < -0.4 is 5.32 Å². The van der Waals surface area contributed by atoms with E-state index >= 15 is 0 Å². The second-order valence-electron chi connectivity index (χ2n) is 5.36. The Morgan fingerprint density at radius 1 is 1.33 bits per heavy atom. The standard InChI is InChI=1S/C16H22N2O2S/c1-17-15(19)13-9-5-6-10-18(13)16(20)14(21)11-12-7-3-2-4-8-12/h2-4,7-8,13-14,21H,5-6,9-11H2,1H3,(H,17,19). The lowest BCUT2D eigenvalue weighted by Gasteiger charge is -2.35. The van der Waals surface area contributed by atoms with Gasteiger partial charge in [0.2, 0.25) is 11.8 Å². The molecule has 114 valence electrons. The van der Waals surface area contributed by atoms with Gasteiger partial charge in [0.25, 0.3) is 0 Å². The Kier molecular flexibility index (Phi) is 5.67. The first-order valence-electron chi connectivity index (χ1n) is 7.37. The lowest BCUT2D eigenvalue weighted by molar-refractivity contribution is -0.141. The van der Waals surface area contributed by atoms with Crippen LogP contribution in [0.15, 0.2) is 30.3 Å². The zero-order valence-corrected chi connectivity index (χ0v) is 13.2. The van der Waals surface area contributed by atoms with Gasteiger partial charge in [-0.15, -0.1) is 0 Å². The van der Waals surface area contributed by atoms with Gasteiger partial charge in [-0.3, -0.25) is 9.59 Å². The van der Waals surface area contributed by atoms with Crippen LogP contribution in [0.25, 0.3) is 0 Å². The Morgan fingerprint density at radius 3 is 2.71 bits per heavy atom. The molecule has 5 heteroatoms. The number of nitrogens with one attached hydrogen (secondary N) is 1. The van der Waals surface area contributed by atoms with Gasteiger partial charge in [-0.2, -0.15) is 12.6 Å². The summed E-state index contributed by atoms with van der Waals surface area (Å²) in [5.74, 6) is -0.126. The highest BCUT2D eigenvalue weighted by Crippen LogP contribution is 2.20. The number of rotatable bonds is 4. The summed E-state index contributed by atoms with van der Waals surface area (Å²) in [6.45, 7) is 0.642. The number of hydrogen-bond donors (Lipinski definition) is 2. The summed E-state index contributed by atoms with van der Waals surface area (Å²) in [5.41, 5.74) is 1.08. The zero-order chi connectivity index (χ0) is 15.2. The minimum absolute atomic E-state index is 0.0458. The van der Waals surface area contributed by atoms with E-state index in [0.29, 0.717) is 13.0 Å². The molecule has 0 saturated carbocycles. The van der Waals surface area contributed by atoms with Crippen molar-refractivity contribution in [1.29, 1.82) is 0 Å². The molecule has 2 unspecified atom stereocenters. The number of benzene rings is 1. The van der Waals surface area contributed by atoms with Crippen molar-refractivity contribution >= 4 is 24.4 Å². The third-order valence-electron chi connectivity index (χ3n) is 3.89. The fourth-order valence-corrected chi connectivity index (χ4v) is 3.11. The number of carbonyl (C=O) groups is 2. The Balaban J connectivity index is 2.04. The molecule has 1 N–H and O–H groups in total. The number of nitrogens with zero attached hydrogens (tertiary/aromatic N) is 1. The van der Waals surface area contributed by atoms with Gasteiger partial charge in [0, 0.05) is 13.6 Å². The SMILES string of the molecule is CNC(=O)C1CCCCN1C(=O)C(S)Cc1ccccc1. The van der Waals surface area contributed by atoms with Crippen molar-refractivity contribution in [3.05, 3.63) is 35.9 Å². The summed E-state index contributed by atoms with van der Waals surface area (Å²) in [7, 11) is 1.61. The highest BCUT2D eigenvalue weighted by Gasteiger charge is 2.33. The number of carbonyl (C=O) groups excluding carboxylic acids is 2. The van der Waals surface area contributed by atoms with Gasteiger partial charge in [-0.05, 0) is 31.2 Å². The van der Waals surface area contributed by atoms with E-state index in [1.165, 1.54) is 0 Å². The van der Waals surface area contributed by atoms with E-state index in [1.807, 2.05) is 30.3 Å². The summed E-state index contributed by atoms with van der Waals surface area (Å²) < 4.78 is 0. The molecular weight excluding hydrogens is 284 g/mol. The Morgan fingerprint density at radius 2 is 2.05 bits per heavy atom. The van der Waals surface area contributed by atoms with E-state index in [1.54, 1.807) is 11.9 Å². The summed E-state index contributed by atoms with van der Waals surface area (Å²) in [5, 5.41) is 2.25. The topological polar surface area (TPSA) is 49.4 Å². The predicted octanol–water partition coefficient (Wildman–Crippen LogP) is 1.65. The molecule has 0 bridgehead atoms. The van der Waals surface area contributed by atoms with Gasteiger partial charge in [0.05, 0.1) is 5.25 Å². The van der Waals surface area contributed by atoms with E-state index in [4.69, 9.17) is 0 Å². The van der Waals surface area contributed by atoms with E-state index in [9.17, 15) is 9.59 Å². The molecule has 1 fully saturated rings. The van der Waals surface area contributed by atoms with Crippen molar-refractivity contribution in [3.8, 4) is 0 Å². The molecule has 2 rings (SSSR count). The molecule has 1 aromatic carbocycles. The van der Waals surface area contributed by atoms with Gasteiger partial charge < -0.3 is 10.2 Å². The molecular formula is C16H22N2O2S. The first kappa shape index (κ1) is 15.9. The highest BCUT2D eigenvalue weighted by molar-refractivity contribution is 7.81. The molecule has 0 radical (unpaired) electrons. The number of thiol groups is 1. The van der Waals surface area contributed by atoms with Crippen molar-refractivity contribution in [2.24, 2.45) is 0 Å². The third kappa shape index (κ3) is 4.00. The van der Waals surface area contributed by atoms with Crippen molar-refractivity contribution in [3.63, 3.8) is 0 Å². The molecule has 1 aliphatic heterocycles. The quantitative estimate of drug-likeness (QED) is 0.831. The number of likely N-dealkylation sites (tertiary alicyclic amines) is 1. The summed E-state index contributed by atoms with van der Waals surface area (Å²) in [4.78, 5) is 26.2. The third-order valence-corrected chi connectivity index (χ3v) is 4.30. The van der Waals surface area contributed by atoms with Crippen LogP contribution in [0.5, 0.6) is 0 Å². The highest BCUT2D eigenvalue weighted by atomic mass is 32.1. The van der Waals surface area contributed by atoms with Crippen LogP contribution in [0.1, 0.15) is 24.8 Å². The molecule has 4 nitrogen and oxygen atoms in total. The van der Waals surface area contributed by atoms with Crippen LogP contribution in [-0.2, 0) is 16.0 Å². The van der Waals surface area contributed by atoms with E-state index < -0.39 is 5.25 Å². The molecule has 0 aliphatic carbocycles. The maximum absolute atomic E-state index is 12.6. The van der Waals surface area contributed by atoms with Crippen LogP contribution in [0, 0.1) is 0 Å². The van der Waals surface area contributed by atoms with E-state index in [0.717, 1.165) is 24.8 Å². The number of amides is 2. The maximum Gasteiger partial charge on any atom is 0.242 e. The minimum Gasteiger partial charge on any atom is -0.357 e. The van der Waals surface area contributed by atoms with Gasteiger partial charge >= 0.3 is 0 Å². The monoisotopic (exact) mass is 306 g/mol. The molecule has 0 aromatic heterocycles. The Bertz CT molecular complexity index is 492.